The summed E-state index contributed by atoms with van der Waals surface area (Å²) in [6.45, 7) is 1.62. The van der Waals surface area contributed by atoms with Gasteiger partial charge in [0.2, 0.25) is 5.88 Å². The molecule has 4 aromatic rings. The Kier molecular flexibility index (Phi) is 5.00. The van der Waals surface area contributed by atoms with Gasteiger partial charge in [-0.1, -0.05) is 30.3 Å². The molecule has 9 nitrogen and oxygen atoms in total. The molecule has 0 aliphatic carbocycles. The number of nitro groups is 1. The summed E-state index contributed by atoms with van der Waals surface area (Å²) in [7, 11) is 1.69. The molecule has 154 valence electrons. The number of nitrogens with zero attached hydrogens (tertiary/aromatic N) is 5. The lowest BCUT2D eigenvalue weighted by Gasteiger charge is -2.06. The molecular formula is C22H17N5O4. The number of pyridine rings is 1. The average molecular weight is 415 g/mol. The van der Waals surface area contributed by atoms with E-state index in [1.54, 1.807) is 48.9 Å². The number of aromatic hydroxyl groups is 1. The first-order valence-electron chi connectivity index (χ1n) is 9.32. The summed E-state index contributed by atoms with van der Waals surface area (Å²) >= 11 is 0. The van der Waals surface area contributed by atoms with Gasteiger partial charge in [-0.3, -0.25) is 19.9 Å². The second-order valence-electron chi connectivity index (χ2n) is 6.86. The minimum atomic E-state index is -0.633. The number of hydrogen-bond acceptors (Lipinski definition) is 6. The number of rotatable bonds is 4. The van der Waals surface area contributed by atoms with Crippen LogP contribution in [0.5, 0.6) is 5.88 Å². The van der Waals surface area contributed by atoms with Crippen molar-refractivity contribution < 1.29 is 14.8 Å². The van der Waals surface area contributed by atoms with Gasteiger partial charge in [0.25, 0.3) is 11.6 Å². The van der Waals surface area contributed by atoms with E-state index in [1.165, 1.54) is 18.2 Å². The lowest BCUT2D eigenvalue weighted by molar-refractivity contribution is -0.384. The minimum absolute atomic E-state index is 0.0698. The smallest absolute Gasteiger partial charge is 0.297 e. The molecule has 2 aromatic heterocycles. The van der Waals surface area contributed by atoms with Crippen molar-refractivity contribution in [3.8, 4) is 17.1 Å². The molecule has 0 aliphatic heterocycles. The zero-order chi connectivity index (χ0) is 22.1. The molecule has 0 radical (unpaired) electrons. The minimum Gasteiger partial charge on any atom is -0.493 e. The molecule has 0 unspecified atom stereocenters. The molecule has 2 aromatic carbocycles. The van der Waals surface area contributed by atoms with Crippen LogP contribution in [0.4, 0.5) is 11.4 Å². The monoisotopic (exact) mass is 415 g/mol. The van der Waals surface area contributed by atoms with Crippen molar-refractivity contribution in [1.29, 1.82) is 0 Å². The number of amides is 1. The van der Waals surface area contributed by atoms with Crippen molar-refractivity contribution in [2.24, 2.45) is 17.3 Å². The average Bonchev–Trinajstić information content (AvgIpc) is 3.02. The lowest BCUT2D eigenvalue weighted by Crippen LogP contribution is -2.01. The predicted molar refractivity (Wildman–Crippen MR) is 114 cm³/mol. The van der Waals surface area contributed by atoms with Crippen LogP contribution in [-0.4, -0.2) is 25.5 Å². The van der Waals surface area contributed by atoms with Gasteiger partial charge in [0, 0.05) is 18.5 Å². The first-order chi connectivity index (χ1) is 14.9. The molecule has 9 heteroatoms. The van der Waals surface area contributed by atoms with Gasteiger partial charge in [-0.05, 0) is 31.2 Å². The van der Waals surface area contributed by atoms with Crippen LogP contribution in [0.1, 0.15) is 16.1 Å². The van der Waals surface area contributed by atoms with E-state index in [9.17, 15) is 20.0 Å². The Balaban J connectivity index is 1.67. The topological polar surface area (TPSA) is 123 Å². The largest absolute Gasteiger partial charge is 0.493 e. The first-order valence-corrected chi connectivity index (χ1v) is 9.32. The molecule has 0 spiro atoms. The van der Waals surface area contributed by atoms with Gasteiger partial charge in [0.15, 0.2) is 5.69 Å². The molecule has 0 aliphatic rings. The van der Waals surface area contributed by atoms with Gasteiger partial charge in [0.05, 0.1) is 33.0 Å². The van der Waals surface area contributed by atoms with Crippen LogP contribution in [0, 0.1) is 17.0 Å². The summed E-state index contributed by atoms with van der Waals surface area (Å²) < 4.78 is 1.56. The molecule has 0 fully saturated rings. The highest BCUT2D eigenvalue weighted by Crippen LogP contribution is 2.38. The molecule has 0 bridgehead atoms. The van der Waals surface area contributed by atoms with Crippen LogP contribution < -0.4 is 0 Å². The van der Waals surface area contributed by atoms with Crippen LogP contribution in [0.25, 0.3) is 22.2 Å². The number of nitro benzene ring substituents is 1. The van der Waals surface area contributed by atoms with E-state index in [0.717, 1.165) is 5.52 Å². The van der Waals surface area contributed by atoms with Crippen LogP contribution in [0.15, 0.2) is 70.9 Å². The van der Waals surface area contributed by atoms with E-state index < -0.39 is 10.8 Å². The van der Waals surface area contributed by atoms with Gasteiger partial charge in [-0.25, -0.2) is 0 Å². The normalized spacial score (nSPS) is 11.3. The van der Waals surface area contributed by atoms with E-state index >= 15 is 0 Å². The quantitative estimate of drug-likeness (QED) is 0.283. The van der Waals surface area contributed by atoms with Crippen LogP contribution in [0.3, 0.4) is 0 Å². The van der Waals surface area contributed by atoms with Gasteiger partial charge in [-0.2, -0.15) is 0 Å². The summed E-state index contributed by atoms with van der Waals surface area (Å²) in [4.78, 5) is 27.8. The maximum Gasteiger partial charge on any atom is 0.297 e. The van der Waals surface area contributed by atoms with Gasteiger partial charge in [-0.15, -0.1) is 10.2 Å². The first kappa shape index (κ1) is 19.9. The van der Waals surface area contributed by atoms with E-state index in [4.69, 9.17) is 0 Å². The van der Waals surface area contributed by atoms with Gasteiger partial charge >= 0.3 is 0 Å². The molecular weight excluding hydrogens is 398 g/mol. The summed E-state index contributed by atoms with van der Waals surface area (Å²) in [5.74, 6) is -0.731. The molecule has 0 atom stereocenters. The maximum atomic E-state index is 12.6. The molecule has 4 rings (SSSR count). The van der Waals surface area contributed by atoms with E-state index in [1.807, 2.05) is 12.1 Å². The third-order valence-electron chi connectivity index (χ3n) is 4.98. The number of hydrogen-bond donors (Lipinski definition) is 1. The van der Waals surface area contributed by atoms with Gasteiger partial charge in [0.1, 0.15) is 0 Å². The fraction of sp³-hybridized carbons (Fsp3) is 0.0909. The third-order valence-corrected chi connectivity index (χ3v) is 4.98. The Morgan fingerprint density at radius 1 is 1.10 bits per heavy atom. The summed E-state index contributed by atoms with van der Waals surface area (Å²) in [6, 6.07) is 16.6. The molecule has 2 heterocycles. The van der Waals surface area contributed by atoms with E-state index in [2.05, 4.69) is 15.2 Å². The van der Waals surface area contributed by atoms with Crippen molar-refractivity contribution in [2.75, 3.05) is 0 Å². The Morgan fingerprint density at radius 3 is 2.55 bits per heavy atom. The number of benzene rings is 2. The second kappa shape index (κ2) is 7.79. The third kappa shape index (κ3) is 3.52. The number of fused-ring (bicyclic) bond motifs is 1. The number of aromatic nitrogens is 2. The highest BCUT2D eigenvalue weighted by Gasteiger charge is 2.18. The van der Waals surface area contributed by atoms with Crippen molar-refractivity contribution in [3.63, 3.8) is 0 Å². The fourth-order valence-corrected chi connectivity index (χ4v) is 3.39. The highest BCUT2D eigenvalue weighted by molar-refractivity contribution is 5.98. The number of azo groups is 1. The fourth-order valence-electron chi connectivity index (χ4n) is 3.39. The van der Waals surface area contributed by atoms with Crippen molar-refractivity contribution in [2.45, 2.75) is 6.92 Å². The number of para-hydroxylation sites is 2. The molecule has 1 N–H and O–H groups in total. The predicted octanol–water partition coefficient (Wildman–Crippen LogP) is 5.09. The number of carbonyl (C=O) groups excluding carboxylic acids is 1. The maximum absolute atomic E-state index is 12.6. The van der Waals surface area contributed by atoms with Crippen LogP contribution >= 0.6 is 0 Å². The van der Waals surface area contributed by atoms with Crippen LogP contribution in [0.2, 0.25) is 0 Å². The van der Waals surface area contributed by atoms with Gasteiger partial charge < -0.3 is 9.67 Å². The molecule has 1 amide bonds. The summed E-state index contributed by atoms with van der Waals surface area (Å²) in [5.41, 5.74) is 2.20. The number of aryl methyl sites for hydroxylation is 2. The number of carbonyl (C=O) groups is 1. The molecule has 31 heavy (non-hydrogen) atoms. The van der Waals surface area contributed by atoms with Crippen molar-refractivity contribution in [3.05, 3.63) is 82.0 Å². The zero-order valence-electron chi connectivity index (χ0n) is 16.7. The van der Waals surface area contributed by atoms with Crippen LogP contribution in [-0.2, 0) is 7.05 Å². The van der Waals surface area contributed by atoms with E-state index in [-0.39, 0.29) is 22.8 Å². The summed E-state index contributed by atoms with van der Waals surface area (Å²) in [5, 5.41) is 30.0. The Hall–Kier alpha value is -4.40. The summed E-state index contributed by atoms with van der Waals surface area (Å²) in [6.07, 6.45) is 0. The second-order valence-corrected chi connectivity index (χ2v) is 6.86. The van der Waals surface area contributed by atoms with E-state index in [0.29, 0.717) is 22.3 Å². The molecule has 0 saturated heterocycles. The standard InChI is InChI=1S/C22H17N5O4/c1-13-14(11-12-17(23-13)15-7-3-6-10-19(15)27(30)31)21(28)25-24-20-16-8-4-5-9-18(16)26(2)22(20)29/h3-12,29H,1-2H3. The van der Waals surface area contributed by atoms with Crippen molar-refractivity contribution >= 4 is 28.2 Å². The lowest BCUT2D eigenvalue weighted by atomic mass is 10.1. The molecule has 0 saturated carbocycles. The Labute approximate surface area is 176 Å². The Morgan fingerprint density at radius 2 is 1.81 bits per heavy atom. The highest BCUT2D eigenvalue weighted by atomic mass is 16.6. The Bertz CT molecular complexity index is 1370. The van der Waals surface area contributed by atoms with Crippen molar-refractivity contribution in [1.82, 2.24) is 9.55 Å². The zero-order valence-corrected chi connectivity index (χ0v) is 16.7. The SMILES string of the molecule is Cc1nc(-c2ccccc2[N+](=O)[O-])ccc1C(=O)N=Nc1c(O)n(C)c2ccccc12.